The smallest absolute Gasteiger partial charge is 0.306 e. The molecule has 0 rings (SSSR count). The van der Waals surface area contributed by atoms with E-state index in [0.29, 0.717) is 19.3 Å². The second-order valence-electron chi connectivity index (χ2n) is 21.3. The van der Waals surface area contributed by atoms with Gasteiger partial charge in [-0.05, 0) is 70.6 Å². The van der Waals surface area contributed by atoms with Crippen LogP contribution in [0.4, 0.5) is 0 Å². The molecule has 0 N–H and O–H groups in total. The third-order valence-electron chi connectivity index (χ3n) is 14.1. The van der Waals surface area contributed by atoms with Crippen molar-refractivity contribution < 1.29 is 28.6 Å². The molecule has 0 bridgehead atoms. The van der Waals surface area contributed by atoms with Gasteiger partial charge in [0.1, 0.15) is 13.2 Å². The number of esters is 3. The van der Waals surface area contributed by atoms with Crippen LogP contribution in [0.3, 0.4) is 0 Å². The van der Waals surface area contributed by atoms with Gasteiger partial charge in [-0.15, -0.1) is 0 Å². The van der Waals surface area contributed by atoms with E-state index in [1.165, 1.54) is 218 Å². The van der Waals surface area contributed by atoms with Crippen LogP contribution in [-0.4, -0.2) is 37.2 Å². The Bertz CT molecular complexity index is 1190. The Morgan fingerprint density at radius 3 is 0.873 bits per heavy atom. The van der Waals surface area contributed by atoms with Crippen LogP contribution in [0.2, 0.25) is 0 Å². The predicted octanol–water partition coefficient (Wildman–Crippen LogP) is 21.2. The summed E-state index contributed by atoms with van der Waals surface area (Å²) in [7, 11) is 0. The van der Waals surface area contributed by atoms with E-state index < -0.39 is 6.10 Å². The standard InChI is InChI=1S/C65H120O6/c1-4-7-10-13-16-19-22-24-26-28-29-30-31-32-33-34-35-36-38-39-41-43-46-49-52-55-58-64(67)70-61-62(60-69-63(66)57-54-51-48-45-21-18-15-12-9-6-3)71-65(68)59-56-53-50-47-44-42-40-37-27-25-23-20-17-14-11-8-5-2/h12,15,17,20,25,27,62H,4-11,13-14,16,18-19,21-24,26,28-61H2,1-3H3/b15-12-,20-17-,27-25-. The molecule has 6 nitrogen and oxygen atoms in total. The van der Waals surface area contributed by atoms with Crippen LogP contribution in [0.5, 0.6) is 0 Å². The molecule has 0 heterocycles. The van der Waals surface area contributed by atoms with E-state index in [-0.39, 0.29) is 31.1 Å². The Morgan fingerprint density at radius 1 is 0.282 bits per heavy atom. The zero-order valence-corrected chi connectivity index (χ0v) is 47.8. The lowest BCUT2D eigenvalue weighted by Crippen LogP contribution is -2.30. The summed E-state index contributed by atoms with van der Waals surface area (Å²) in [5.74, 6) is -0.875. The molecule has 0 aliphatic carbocycles. The molecule has 0 saturated carbocycles. The van der Waals surface area contributed by atoms with Crippen molar-refractivity contribution in [3.8, 4) is 0 Å². The zero-order chi connectivity index (χ0) is 51.4. The highest BCUT2D eigenvalue weighted by molar-refractivity contribution is 5.71. The number of rotatable bonds is 58. The molecule has 0 aromatic carbocycles. The van der Waals surface area contributed by atoms with Gasteiger partial charge in [0.15, 0.2) is 6.10 Å². The summed E-state index contributed by atoms with van der Waals surface area (Å²) < 4.78 is 16.9. The van der Waals surface area contributed by atoms with Crippen molar-refractivity contribution >= 4 is 17.9 Å². The summed E-state index contributed by atoms with van der Waals surface area (Å²) in [4.78, 5) is 38.1. The van der Waals surface area contributed by atoms with Crippen molar-refractivity contribution in [2.75, 3.05) is 13.2 Å². The van der Waals surface area contributed by atoms with Crippen LogP contribution in [0.15, 0.2) is 36.5 Å². The third kappa shape index (κ3) is 58.4. The summed E-state index contributed by atoms with van der Waals surface area (Å²) in [6.07, 6.45) is 73.1. The zero-order valence-electron chi connectivity index (χ0n) is 47.8. The van der Waals surface area contributed by atoms with Crippen LogP contribution in [0.25, 0.3) is 0 Å². The molecular weight excluding hydrogens is 877 g/mol. The first-order valence-corrected chi connectivity index (χ1v) is 31.5. The van der Waals surface area contributed by atoms with E-state index in [0.717, 1.165) is 83.5 Å². The Labute approximate surface area is 442 Å². The number of unbranched alkanes of at least 4 members (excludes halogenated alkanes) is 41. The number of ether oxygens (including phenoxy) is 3. The van der Waals surface area contributed by atoms with E-state index in [2.05, 4.69) is 57.2 Å². The summed E-state index contributed by atoms with van der Waals surface area (Å²) in [6, 6.07) is 0. The molecule has 0 amide bonds. The molecular formula is C65H120O6. The first-order valence-electron chi connectivity index (χ1n) is 31.5. The lowest BCUT2D eigenvalue weighted by atomic mass is 10.0. The molecule has 416 valence electrons. The van der Waals surface area contributed by atoms with Gasteiger partial charge in [0, 0.05) is 19.3 Å². The monoisotopic (exact) mass is 997 g/mol. The maximum absolute atomic E-state index is 12.9. The van der Waals surface area contributed by atoms with E-state index in [1.54, 1.807) is 0 Å². The van der Waals surface area contributed by atoms with E-state index in [9.17, 15) is 14.4 Å². The van der Waals surface area contributed by atoms with Crippen molar-refractivity contribution in [3.05, 3.63) is 36.5 Å². The Morgan fingerprint density at radius 2 is 0.535 bits per heavy atom. The molecule has 0 aromatic rings. The van der Waals surface area contributed by atoms with Gasteiger partial charge in [-0.1, -0.05) is 288 Å². The first-order chi connectivity index (χ1) is 35.0. The van der Waals surface area contributed by atoms with Gasteiger partial charge >= 0.3 is 17.9 Å². The first kappa shape index (κ1) is 68.6. The van der Waals surface area contributed by atoms with Gasteiger partial charge in [0.25, 0.3) is 0 Å². The SMILES string of the molecule is CCC/C=C\CCCCCCCC(=O)OCC(COC(=O)CCCCCCCCCCCCCCCCCCCCCCCCCCCC)OC(=O)CCCCCCCCC/C=C\C/C=C\CCCCC. The van der Waals surface area contributed by atoms with Gasteiger partial charge in [-0.2, -0.15) is 0 Å². The van der Waals surface area contributed by atoms with E-state index >= 15 is 0 Å². The van der Waals surface area contributed by atoms with Crippen LogP contribution in [0, 0.1) is 0 Å². The molecule has 0 aliphatic rings. The molecule has 1 unspecified atom stereocenters. The largest absolute Gasteiger partial charge is 0.462 e. The molecule has 71 heavy (non-hydrogen) atoms. The fraction of sp³-hybridized carbons (Fsp3) is 0.862. The Hall–Kier alpha value is -2.37. The minimum absolute atomic E-state index is 0.0744. The average Bonchev–Trinajstić information content (AvgIpc) is 3.37. The number of allylic oxidation sites excluding steroid dienone is 6. The molecule has 0 aliphatic heterocycles. The second kappa shape index (κ2) is 60.2. The topological polar surface area (TPSA) is 78.9 Å². The summed E-state index contributed by atoms with van der Waals surface area (Å²) in [5.41, 5.74) is 0. The van der Waals surface area contributed by atoms with Gasteiger partial charge in [-0.25, -0.2) is 0 Å². The normalized spacial score (nSPS) is 12.2. The van der Waals surface area contributed by atoms with Crippen molar-refractivity contribution in [1.29, 1.82) is 0 Å². The minimum atomic E-state index is -0.777. The van der Waals surface area contributed by atoms with Gasteiger partial charge in [0.05, 0.1) is 0 Å². The maximum atomic E-state index is 12.9. The third-order valence-corrected chi connectivity index (χ3v) is 14.1. The quantitative estimate of drug-likeness (QED) is 0.0261. The highest BCUT2D eigenvalue weighted by Gasteiger charge is 2.19. The predicted molar refractivity (Wildman–Crippen MR) is 307 cm³/mol. The molecule has 0 saturated heterocycles. The Kier molecular flexibility index (Phi) is 58.2. The number of carbonyl (C=O) groups is 3. The minimum Gasteiger partial charge on any atom is -0.462 e. The fourth-order valence-electron chi connectivity index (χ4n) is 9.36. The van der Waals surface area contributed by atoms with E-state index in [4.69, 9.17) is 14.2 Å². The molecule has 0 aromatic heterocycles. The molecule has 6 heteroatoms. The van der Waals surface area contributed by atoms with E-state index in [1.807, 2.05) is 0 Å². The van der Waals surface area contributed by atoms with Gasteiger partial charge in [-0.3, -0.25) is 14.4 Å². The van der Waals surface area contributed by atoms with Crippen LogP contribution >= 0.6 is 0 Å². The maximum Gasteiger partial charge on any atom is 0.306 e. The highest BCUT2D eigenvalue weighted by atomic mass is 16.6. The van der Waals surface area contributed by atoms with Crippen LogP contribution in [-0.2, 0) is 28.6 Å². The van der Waals surface area contributed by atoms with Crippen molar-refractivity contribution in [3.63, 3.8) is 0 Å². The highest BCUT2D eigenvalue weighted by Crippen LogP contribution is 2.18. The average molecular weight is 998 g/mol. The number of carbonyl (C=O) groups excluding carboxylic acids is 3. The summed E-state index contributed by atoms with van der Waals surface area (Å²) in [6.45, 7) is 6.59. The molecule has 0 spiro atoms. The van der Waals surface area contributed by atoms with Crippen LogP contribution in [0.1, 0.15) is 342 Å². The Balaban J connectivity index is 4.16. The van der Waals surface area contributed by atoms with Gasteiger partial charge < -0.3 is 14.2 Å². The van der Waals surface area contributed by atoms with Crippen LogP contribution < -0.4 is 0 Å². The molecule has 0 fully saturated rings. The van der Waals surface area contributed by atoms with Crippen molar-refractivity contribution in [2.24, 2.45) is 0 Å². The lowest BCUT2D eigenvalue weighted by Gasteiger charge is -2.18. The summed E-state index contributed by atoms with van der Waals surface area (Å²) in [5, 5.41) is 0. The number of hydrogen-bond acceptors (Lipinski definition) is 6. The lowest BCUT2D eigenvalue weighted by molar-refractivity contribution is -0.167. The summed E-state index contributed by atoms with van der Waals surface area (Å²) >= 11 is 0. The van der Waals surface area contributed by atoms with Crippen molar-refractivity contribution in [1.82, 2.24) is 0 Å². The molecule has 1 atom stereocenters. The fourth-order valence-corrected chi connectivity index (χ4v) is 9.36. The second-order valence-corrected chi connectivity index (χ2v) is 21.3. The van der Waals surface area contributed by atoms with Crippen molar-refractivity contribution in [2.45, 2.75) is 348 Å². The number of hydrogen-bond donors (Lipinski definition) is 0. The van der Waals surface area contributed by atoms with Gasteiger partial charge in [0.2, 0.25) is 0 Å². The molecule has 0 radical (unpaired) electrons.